The van der Waals surface area contributed by atoms with Crippen molar-refractivity contribution in [3.63, 3.8) is 0 Å². The van der Waals surface area contributed by atoms with E-state index in [4.69, 9.17) is 0 Å². The lowest BCUT2D eigenvalue weighted by Gasteiger charge is -2.30. The molecule has 0 aromatic carbocycles. The predicted octanol–water partition coefficient (Wildman–Crippen LogP) is 1.68. The van der Waals surface area contributed by atoms with Crippen LogP contribution in [-0.4, -0.2) is 36.2 Å². The summed E-state index contributed by atoms with van der Waals surface area (Å²) in [7, 11) is 0. The van der Waals surface area contributed by atoms with Crippen LogP contribution in [0.3, 0.4) is 0 Å². The summed E-state index contributed by atoms with van der Waals surface area (Å²) in [5.41, 5.74) is -1.08. The van der Waals surface area contributed by atoms with Crippen LogP contribution < -0.4 is 10.6 Å². The first kappa shape index (κ1) is 16.4. The molecule has 1 rings (SSSR count). The smallest absolute Gasteiger partial charge is 0.227 e. The molecule has 112 valence electrons. The molecule has 0 saturated carbocycles. The minimum atomic E-state index is -0.816. The van der Waals surface area contributed by atoms with Crippen LogP contribution in [0.5, 0.6) is 0 Å². The SMILES string of the molecule is CCCC1(C(=O)NCC(C)(O)CC(C)C)CCNC1. The van der Waals surface area contributed by atoms with Crippen molar-refractivity contribution >= 4 is 5.91 Å². The van der Waals surface area contributed by atoms with E-state index in [-0.39, 0.29) is 11.3 Å². The molecule has 19 heavy (non-hydrogen) atoms. The van der Waals surface area contributed by atoms with E-state index in [9.17, 15) is 9.90 Å². The van der Waals surface area contributed by atoms with Crippen LogP contribution in [0.25, 0.3) is 0 Å². The molecular formula is C15H30N2O2. The van der Waals surface area contributed by atoms with E-state index in [0.29, 0.717) is 18.9 Å². The summed E-state index contributed by atoms with van der Waals surface area (Å²) < 4.78 is 0. The van der Waals surface area contributed by atoms with Crippen molar-refractivity contribution in [2.24, 2.45) is 11.3 Å². The first-order valence-corrected chi connectivity index (χ1v) is 7.53. The first-order valence-electron chi connectivity index (χ1n) is 7.53. The molecule has 3 N–H and O–H groups in total. The van der Waals surface area contributed by atoms with Crippen molar-refractivity contribution in [2.45, 2.75) is 59.0 Å². The third-order valence-electron chi connectivity index (χ3n) is 3.93. The number of carbonyl (C=O) groups excluding carboxylic acids is 1. The summed E-state index contributed by atoms with van der Waals surface area (Å²) in [6, 6.07) is 0. The second-order valence-corrected chi connectivity index (χ2v) is 6.73. The van der Waals surface area contributed by atoms with Crippen LogP contribution in [0.15, 0.2) is 0 Å². The fourth-order valence-corrected chi connectivity index (χ4v) is 3.15. The highest BCUT2D eigenvalue weighted by atomic mass is 16.3. The van der Waals surface area contributed by atoms with Gasteiger partial charge < -0.3 is 15.7 Å². The number of rotatable bonds is 7. The highest BCUT2D eigenvalue weighted by molar-refractivity contribution is 5.83. The van der Waals surface area contributed by atoms with Gasteiger partial charge in [-0.15, -0.1) is 0 Å². The van der Waals surface area contributed by atoms with Crippen LogP contribution in [0.4, 0.5) is 0 Å². The second-order valence-electron chi connectivity index (χ2n) is 6.73. The van der Waals surface area contributed by atoms with Crippen molar-refractivity contribution in [3.8, 4) is 0 Å². The molecular weight excluding hydrogens is 240 g/mol. The molecule has 1 heterocycles. The van der Waals surface area contributed by atoms with Gasteiger partial charge in [-0.1, -0.05) is 27.2 Å². The highest BCUT2D eigenvalue weighted by Gasteiger charge is 2.40. The zero-order valence-electron chi connectivity index (χ0n) is 12.9. The molecule has 1 amide bonds. The number of aliphatic hydroxyl groups is 1. The van der Waals surface area contributed by atoms with Crippen LogP contribution in [0.1, 0.15) is 53.4 Å². The molecule has 0 aliphatic carbocycles. The molecule has 0 radical (unpaired) electrons. The van der Waals surface area contributed by atoms with Crippen molar-refractivity contribution in [3.05, 3.63) is 0 Å². The number of amides is 1. The van der Waals surface area contributed by atoms with Crippen molar-refractivity contribution < 1.29 is 9.90 Å². The fourth-order valence-electron chi connectivity index (χ4n) is 3.15. The van der Waals surface area contributed by atoms with E-state index in [1.54, 1.807) is 6.92 Å². The maximum absolute atomic E-state index is 12.4. The quantitative estimate of drug-likeness (QED) is 0.659. The normalized spacial score (nSPS) is 26.4. The Kier molecular flexibility index (Phi) is 5.81. The summed E-state index contributed by atoms with van der Waals surface area (Å²) in [6.45, 7) is 10.1. The maximum atomic E-state index is 12.4. The lowest BCUT2D eigenvalue weighted by molar-refractivity contribution is -0.131. The highest BCUT2D eigenvalue weighted by Crippen LogP contribution is 2.31. The van der Waals surface area contributed by atoms with Crippen molar-refractivity contribution in [1.29, 1.82) is 0 Å². The Bertz CT molecular complexity index is 295. The Hall–Kier alpha value is -0.610. The van der Waals surface area contributed by atoms with Gasteiger partial charge in [0.15, 0.2) is 0 Å². The number of carbonyl (C=O) groups is 1. The molecule has 2 unspecified atom stereocenters. The molecule has 0 aromatic heterocycles. The molecule has 1 aliphatic rings. The number of nitrogens with one attached hydrogen (secondary N) is 2. The van der Waals surface area contributed by atoms with Gasteiger partial charge in [-0.25, -0.2) is 0 Å². The molecule has 0 spiro atoms. The standard InChI is InChI=1S/C15H30N2O2/c1-5-6-15(7-8-16-11-15)13(18)17-10-14(4,19)9-12(2)3/h12,16,19H,5-11H2,1-4H3,(H,17,18). The third-order valence-corrected chi connectivity index (χ3v) is 3.93. The van der Waals surface area contributed by atoms with E-state index < -0.39 is 5.60 Å². The minimum absolute atomic E-state index is 0.100. The zero-order valence-corrected chi connectivity index (χ0v) is 12.9. The topological polar surface area (TPSA) is 61.4 Å². The van der Waals surface area contributed by atoms with E-state index in [0.717, 1.165) is 32.4 Å². The average molecular weight is 270 g/mol. The van der Waals surface area contributed by atoms with E-state index in [1.165, 1.54) is 0 Å². The van der Waals surface area contributed by atoms with E-state index >= 15 is 0 Å². The summed E-state index contributed by atoms with van der Waals surface area (Å²) >= 11 is 0. The molecule has 1 fully saturated rings. The van der Waals surface area contributed by atoms with Gasteiger partial charge in [-0.3, -0.25) is 4.79 Å². The van der Waals surface area contributed by atoms with Gasteiger partial charge in [0, 0.05) is 13.1 Å². The van der Waals surface area contributed by atoms with Gasteiger partial charge in [-0.05, 0) is 38.6 Å². The van der Waals surface area contributed by atoms with Crippen LogP contribution >= 0.6 is 0 Å². The number of hydrogen-bond acceptors (Lipinski definition) is 3. The Labute approximate surface area is 117 Å². The Balaban J connectivity index is 2.53. The molecule has 4 heteroatoms. The largest absolute Gasteiger partial charge is 0.388 e. The summed E-state index contributed by atoms with van der Waals surface area (Å²) in [5.74, 6) is 0.521. The Morgan fingerprint density at radius 3 is 2.68 bits per heavy atom. The lowest BCUT2D eigenvalue weighted by atomic mass is 9.81. The van der Waals surface area contributed by atoms with Gasteiger partial charge >= 0.3 is 0 Å². The molecule has 1 saturated heterocycles. The van der Waals surface area contributed by atoms with E-state index in [2.05, 4.69) is 31.4 Å². The first-order chi connectivity index (χ1) is 8.81. The van der Waals surface area contributed by atoms with Crippen molar-refractivity contribution in [1.82, 2.24) is 10.6 Å². The lowest BCUT2D eigenvalue weighted by Crippen LogP contribution is -2.48. The Morgan fingerprint density at radius 2 is 2.21 bits per heavy atom. The number of hydrogen-bond donors (Lipinski definition) is 3. The zero-order chi connectivity index (χ0) is 14.5. The van der Waals surface area contributed by atoms with Gasteiger partial charge in [-0.2, -0.15) is 0 Å². The molecule has 0 aromatic rings. The molecule has 2 atom stereocenters. The molecule has 4 nitrogen and oxygen atoms in total. The summed E-state index contributed by atoms with van der Waals surface area (Å²) in [5, 5.41) is 16.5. The fraction of sp³-hybridized carbons (Fsp3) is 0.933. The van der Waals surface area contributed by atoms with Crippen LogP contribution in [0.2, 0.25) is 0 Å². The second kappa shape index (κ2) is 6.71. The van der Waals surface area contributed by atoms with Crippen molar-refractivity contribution in [2.75, 3.05) is 19.6 Å². The molecule has 0 bridgehead atoms. The summed E-state index contributed by atoms with van der Waals surface area (Å²) in [4.78, 5) is 12.4. The monoisotopic (exact) mass is 270 g/mol. The predicted molar refractivity (Wildman–Crippen MR) is 77.9 cm³/mol. The van der Waals surface area contributed by atoms with Crippen LogP contribution in [0, 0.1) is 11.3 Å². The van der Waals surface area contributed by atoms with Gasteiger partial charge in [0.25, 0.3) is 0 Å². The third kappa shape index (κ3) is 4.77. The Morgan fingerprint density at radius 1 is 1.53 bits per heavy atom. The summed E-state index contributed by atoms with van der Waals surface area (Å²) in [6.07, 6.45) is 3.53. The average Bonchev–Trinajstić information content (AvgIpc) is 2.74. The molecule has 1 aliphatic heterocycles. The van der Waals surface area contributed by atoms with Crippen LogP contribution in [-0.2, 0) is 4.79 Å². The van der Waals surface area contributed by atoms with E-state index in [1.807, 2.05) is 0 Å². The maximum Gasteiger partial charge on any atom is 0.227 e. The van der Waals surface area contributed by atoms with Gasteiger partial charge in [0.05, 0.1) is 11.0 Å². The minimum Gasteiger partial charge on any atom is -0.388 e. The van der Waals surface area contributed by atoms with Gasteiger partial charge in [0.2, 0.25) is 5.91 Å². The van der Waals surface area contributed by atoms with Gasteiger partial charge in [0.1, 0.15) is 0 Å².